The third-order valence-electron chi connectivity index (χ3n) is 3.01. The number of hydrogen-bond acceptors (Lipinski definition) is 3. The molecule has 3 rings (SSSR count). The highest BCUT2D eigenvalue weighted by Gasteiger charge is 2.23. The summed E-state index contributed by atoms with van der Waals surface area (Å²) < 4.78 is 5.65. The Balaban J connectivity index is 1.88. The second-order valence-electron chi connectivity index (χ2n) is 4.32. The number of benzene rings is 1. The lowest BCUT2D eigenvalue weighted by atomic mass is 10.0. The second-order valence-corrected chi connectivity index (χ2v) is 4.32. The van der Waals surface area contributed by atoms with Gasteiger partial charge in [-0.2, -0.15) is 0 Å². The van der Waals surface area contributed by atoms with Gasteiger partial charge >= 0.3 is 0 Å². The Hall–Kier alpha value is -1.90. The molecule has 3 heteroatoms. The first kappa shape index (κ1) is 10.3. The number of aryl methyl sites for hydroxylation is 1. The predicted octanol–water partition coefficient (Wildman–Crippen LogP) is 2.78. The molecule has 0 atom stereocenters. The van der Waals surface area contributed by atoms with Crippen molar-refractivity contribution in [2.45, 2.75) is 25.7 Å². The van der Waals surface area contributed by atoms with Crippen molar-refractivity contribution < 1.29 is 9.21 Å². The van der Waals surface area contributed by atoms with E-state index in [-0.39, 0.29) is 5.78 Å². The number of hydrogen-bond donors (Lipinski definition) is 0. The molecule has 17 heavy (non-hydrogen) atoms. The Kier molecular flexibility index (Phi) is 2.52. The van der Waals surface area contributed by atoms with E-state index < -0.39 is 0 Å². The number of fused-ring (bicyclic) bond motifs is 1. The van der Waals surface area contributed by atoms with E-state index in [2.05, 4.69) is 4.98 Å². The van der Waals surface area contributed by atoms with Gasteiger partial charge in [0.05, 0.1) is 0 Å². The van der Waals surface area contributed by atoms with Crippen molar-refractivity contribution in [2.75, 3.05) is 0 Å². The molecule has 0 spiro atoms. The quantitative estimate of drug-likeness (QED) is 0.792. The van der Waals surface area contributed by atoms with Crippen LogP contribution in [0.2, 0.25) is 0 Å². The SMILES string of the molecule is O=C1CCCc2oc(Cc3ccccc3)nc21. The summed E-state index contributed by atoms with van der Waals surface area (Å²) in [4.78, 5) is 15.9. The molecule has 0 amide bonds. The van der Waals surface area contributed by atoms with E-state index in [1.165, 1.54) is 0 Å². The molecule has 0 aliphatic heterocycles. The molecule has 0 N–H and O–H groups in total. The average Bonchev–Trinajstić information content (AvgIpc) is 2.74. The van der Waals surface area contributed by atoms with Gasteiger partial charge in [-0.3, -0.25) is 4.79 Å². The van der Waals surface area contributed by atoms with Gasteiger partial charge in [0.1, 0.15) is 11.5 Å². The highest BCUT2D eigenvalue weighted by molar-refractivity contribution is 5.96. The van der Waals surface area contributed by atoms with E-state index in [0.717, 1.165) is 24.2 Å². The largest absolute Gasteiger partial charge is 0.445 e. The van der Waals surface area contributed by atoms with Gasteiger partial charge in [0.25, 0.3) is 0 Å². The van der Waals surface area contributed by atoms with Gasteiger partial charge in [-0.15, -0.1) is 0 Å². The smallest absolute Gasteiger partial charge is 0.199 e. The number of carbonyl (C=O) groups excluding carboxylic acids is 1. The van der Waals surface area contributed by atoms with E-state index in [1.807, 2.05) is 30.3 Å². The van der Waals surface area contributed by atoms with E-state index in [4.69, 9.17) is 4.42 Å². The number of ketones is 1. The summed E-state index contributed by atoms with van der Waals surface area (Å²) in [5.41, 5.74) is 1.71. The lowest BCUT2D eigenvalue weighted by Gasteiger charge is -2.04. The average molecular weight is 227 g/mol. The molecule has 0 unspecified atom stereocenters. The first-order valence-electron chi connectivity index (χ1n) is 5.88. The number of nitrogens with zero attached hydrogens (tertiary/aromatic N) is 1. The molecule has 1 aliphatic carbocycles. The van der Waals surface area contributed by atoms with Crippen molar-refractivity contribution in [3.8, 4) is 0 Å². The standard InChI is InChI=1S/C14H13NO2/c16-11-7-4-8-12-14(11)15-13(17-12)9-10-5-2-1-3-6-10/h1-3,5-6H,4,7-9H2. The van der Waals surface area contributed by atoms with Crippen LogP contribution < -0.4 is 0 Å². The van der Waals surface area contributed by atoms with E-state index in [1.54, 1.807) is 0 Å². The van der Waals surface area contributed by atoms with Crippen LogP contribution in [0.4, 0.5) is 0 Å². The van der Waals surface area contributed by atoms with Gasteiger partial charge < -0.3 is 4.42 Å². The molecular formula is C14H13NO2. The molecule has 1 aliphatic rings. The molecular weight excluding hydrogens is 214 g/mol. The number of Topliss-reactive ketones (excluding diaryl/α,β-unsaturated/α-hetero) is 1. The van der Waals surface area contributed by atoms with Crippen molar-refractivity contribution in [1.29, 1.82) is 0 Å². The van der Waals surface area contributed by atoms with Gasteiger partial charge in [-0.25, -0.2) is 4.98 Å². The molecule has 1 heterocycles. The van der Waals surface area contributed by atoms with Crippen molar-refractivity contribution >= 4 is 5.78 Å². The fourth-order valence-corrected chi connectivity index (χ4v) is 2.16. The second kappa shape index (κ2) is 4.17. The van der Waals surface area contributed by atoms with Crippen LogP contribution in [0.1, 0.15) is 40.5 Å². The fourth-order valence-electron chi connectivity index (χ4n) is 2.16. The normalized spacial score (nSPS) is 14.7. The minimum atomic E-state index is 0.120. The zero-order valence-corrected chi connectivity index (χ0v) is 9.48. The molecule has 0 saturated heterocycles. The van der Waals surface area contributed by atoms with Crippen LogP contribution in [-0.2, 0) is 12.8 Å². The van der Waals surface area contributed by atoms with Crippen molar-refractivity contribution in [1.82, 2.24) is 4.98 Å². The Morgan fingerprint density at radius 2 is 2.00 bits per heavy atom. The van der Waals surface area contributed by atoms with Crippen LogP contribution in [0.3, 0.4) is 0 Å². The monoisotopic (exact) mass is 227 g/mol. The minimum absolute atomic E-state index is 0.120. The summed E-state index contributed by atoms with van der Waals surface area (Å²) in [6, 6.07) is 10.0. The fraction of sp³-hybridized carbons (Fsp3) is 0.286. The van der Waals surface area contributed by atoms with Crippen LogP contribution in [0.15, 0.2) is 34.7 Å². The van der Waals surface area contributed by atoms with Gasteiger partial charge in [0, 0.05) is 19.3 Å². The van der Waals surface area contributed by atoms with Crippen molar-refractivity contribution in [2.24, 2.45) is 0 Å². The summed E-state index contributed by atoms with van der Waals surface area (Å²) >= 11 is 0. The first-order chi connectivity index (χ1) is 8.33. The van der Waals surface area contributed by atoms with E-state index in [0.29, 0.717) is 24.4 Å². The van der Waals surface area contributed by atoms with Gasteiger partial charge in [0.2, 0.25) is 0 Å². The third-order valence-corrected chi connectivity index (χ3v) is 3.01. The predicted molar refractivity (Wildman–Crippen MR) is 63.0 cm³/mol. The molecule has 3 nitrogen and oxygen atoms in total. The maximum absolute atomic E-state index is 11.6. The number of carbonyl (C=O) groups is 1. The molecule has 0 bridgehead atoms. The van der Waals surface area contributed by atoms with E-state index in [9.17, 15) is 4.79 Å². The molecule has 1 aromatic carbocycles. The zero-order valence-electron chi connectivity index (χ0n) is 9.48. The van der Waals surface area contributed by atoms with Crippen LogP contribution >= 0.6 is 0 Å². The Labute approximate surface area is 99.5 Å². The summed E-state index contributed by atoms with van der Waals surface area (Å²) in [5, 5.41) is 0. The number of oxazole rings is 1. The van der Waals surface area contributed by atoms with Crippen LogP contribution in [0.25, 0.3) is 0 Å². The van der Waals surface area contributed by atoms with E-state index >= 15 is 0 Å². The molecule has 86 valence electrons. The minimum Gasteiger partial charge on any atom is -0.445 e. The number of rotatable bonds is 2. The zero-order chi connectivity index (χ0) is 11.7. The van der Waals surface area contributed by atoms with Gasteiger partial charge in [-0.1, -0.05) is 30.3 Å². The number of aromatic nitrogens is 1. The summed E-state index contributed by atoms with van der Waals surface area (Å²) in [6.07, 6.45) is 2.97. The van der Waals surface area contributed by atoms with Crippen LogP contribution in [0, 0.1) is 0 Å². The lowest BCUT2D eigenvalue weighted by molar-refractivity contribution is 0.0965. The highest BCUT2D eigenvalue weighted by atomic mass is 16.4. The Morgan fingerprint density at radius 3 is 2.76 bits per heavy atom. The molecule has 1 aromatic heterocycles. The molecule has 0 saturated carbocycles. The maximum Gasteiger partial charge on any atom is 0.199 e. The molecule has 0 fully saturated rings. The molecule has 2 aromatic rings. The third kappa shape index (κ3) is 2.00. The lowest BCUT2D eigenvalue weighted by Crippen LogP contribution is -2.09. The summed E-state index contributed by atoms with van der Waals surface area (Å²) in [7, 11) is 0. The van der Waals surface area contributed by atoms with Crippen LogP contribution in [-0.4, -0.2) is 10.8 Å². The topological polar surface area (TPSA) is 43.1 Å². The summed E-state index contributed by atoms with van der Waals surface area (Å²) in [5.74, 6) is 1.54. The van der Waals surface area contributed by atoms with Crippen LogP contribution in [0.5, 0.6) is 0 Å². The highest BCUT2D eigenvalue weighted by Crippen LogP contribution is 2.22. The van der Waals surface area contributed by atoms with Gasteiger partial charge in [0.15, 0.2) is 11.7 Å². The molecule has 0 radical (unpaired) electrons. The van der Waals surface area contributed by atoms with Crippen molar-refractivity contribution in [3.63, 3.8) is 0 Å². The Bertz CT molecular complexity index is 543. The summed E-state index contributed by atoms with van der Waals surface area (Å²) in [6.45, 7) is 0. The Morgan fingerprint density at radius 1 is 1.18 bits per heavy atom. The van der Waals surface area contributed by atoms with Crippen molar-refractivity contribution in [3.05, 3.63) is 53.2 Å². The maximum atomic E-state index is 11.6. The first-order valence-corrected chi connectivity index (χ1v) is 5.88. The van der Waals surface area contributed by atoms with Gasteiger partial charge in [-0.05, 0) is 12.0 Å².